The molecule has 6 nitrogen and oxygen atoms in total. The van der Waals surface area contributed by atoms with Crippen LogP contribution in [0.15, 0.2) is 22.6 Å². The molecule has 2 aromatic rings. The first kappa shape index (κ1) is 15.1. The number of rotatable bonds is 4. The molecule has 1 unspecified atom stereocenters. The number of halogens is 3. The maximum absolute atomic E-state index is 12.7. The number of hydrazine groups is 1. The first-order chi connectivity index (χ1) is 9.79. The average Bonchev–Trinajstić information content (AvgIpc) is 2.84. The molecule has 0 fully saturated rings. The first-order valence-electron chi connectivity index (χ1n) is 6.05. The van der Waals surface area contributed by atoms with E-state index in [0.717, 1.165) is 0 Å². The topological polar surface area (TPSA) is 89.0 Å². The van der Waals surface area contributed by atoms with Crippen LogP contribution in [-0.2, 0) is 6.18 Å². The molecule has 0 bridgehead atoms. The predicted molar refractivity (Wildman–Crippen MR) is 70.3 cm³/mol. The van der Waals surface area contributed by atoms with Gasteiger partial charge in [-0.25, -0.2) is 15.8 Å². The zero-order chi connectivity index (χ0) is 15.6. The van der Waals surface area contributed by atoms with Crippen molar-refractivity contribution in [1.82, 2.24) is 9.97 Å². The van der Waals surface area contributed by atoms with E-state index in [1.165, 1.54) is 6.07 Å². The second kappa shape index (κ2) is 5.60. The Morgan fingerprint density at radius 2 is 1.90 bits per heavy atom. The Labute approximate surface area is 118 Å². The second-order valence-corrected chi connectivity index (χ2v) is 4.42. The molecule has 21 heavy (non-hydrogen) atoms. The minimum absolute atomic E-state index is 0.00757. The van der Waals surface area contributed by atoms with E-state index < -0.39 is 12.0 Å². The summed E-state index contributed by atoms with van der Waals surface area (Å²) in [6.45, 7) is 3.52. The van der Waals surface area contributed by atoms with Crippen LogP contribution < -0.4 is 16.6 Å². The van der Waals surface area contributed by atoms with Gasteiger partial charge in [0, 0.05) is 6.07 Å². The highest BCUT2D eigenvalue weighted by molar-refractivity contribution is 5.48. The number of hydrogen-bond donors (Lipinski definition) is 3. The Kier molecular flexibility index (Phi) is 4.03. The molecule has 2 rings (SSSR count). The van der Waals surface area contributed by atoms with Gasteiger partial charge in [-0.2, -0.15) is 13.2 Å². The number of hydrogen-bond acceptors (Lipinski definition) is 6. The number of nitrogens with zero attached hydrogens (tertiary/aromatic N) is 2. The van der Waals surface area contributed by atoms with E-state index in [-0.39, 0.29) is 17.7 Å². The number of nitrogens with one attached hydrogen (secondary N) is 2. The third-order valence-electron chi connectivity index (χ3n) is 2.68. The molecule has 4 N–H and O–H groups in total. The summed E-state index contributed by atoms with van der Waals surface area (Å²) in [5.41, 5.74) is 2.08. The molecule has 0 amide bonds. The van der Waals surface area contributed by atoms with Crippen molar-refractivity contribution in [2.75, 3.05) is 10.7 Å². The fourth-order valence-corrected chi connectivity index (χ4v) is 1.70. The Morgan fingerprint density at radius 3 is 2.43 bits per heavy atom. The fraction of sp³-hybridized carbons (Fsp3) is 0.333. The third-order valence-corrected chi connectivity index (χ3v) is 2.68. The van der Waals surface area contributed by atoms with Gasteiger partial charge in [0.15, 0.2) is 0 Å². The van der Waals surface area contributed by atoms with Crippen LogP contribution in [0.25, 0.3) is 0 Å². The van der Waals surface area contributed by atoms with Gasteiger partial charge in [-0.05, 0) is 26.0 Å². The number of aromatic nitrogens is 2. The highest BCUT2D eigenvalue weighted by Gasteiger charge is 2.35. The van der Waals surface area contributed by atoms with Crippen LogP contribution in [0.5, 0.6) is 0 Å². The number of nitrogens with two attached hydrogens (primary N) is 1. The van der Waals surface area contributed by atoms with Crippen molar-refractivity contribution >= 4 is 11.6 Å². The molecule has 1 atom stereocenters. The van der Waals surface area contributed by atoms with Crippen LogP contribution in [0, 0.1) is 6.92 Å². The third kappa shape index (κ3) is 3.63. The molecule has 0 aliphatic heterocycles. The molecule has 0 spiro atoms. The van der Waals surface area contributed by atoms with Crippen LogP contribution >= 0.6 is 0 Å². The van der Waals surface area contributed by atoms with Crippen molar-refractivity contribution in [2.24, 2.45) is 5.84 Å². The lowest BCUT2D eigenvalue weighted by molar-refractivity contribution is -0.144. The van der Waals surface area contributed by atoms with E-state index in [2.05, 4.69) is 20.7 Å². The Bertz CT molecular complexity index is 626. The standard InChI is InChI=1S/C12H14F3N5O/c1-6-3-4-8(21-6)7(2)17-9-5-10(20-16)19-11(18-9)12(13,14)15/h3-5,7H,16H2,1-2H3,(H2,17,18,19,20). The fourth-order valence-electron chi connectivity index (χ4n) is 1.70. The lowest BCUT2D eigenvalue weighted by atomic mass is 10.2. The molecule has 0 saturated carbocycles. The van der Waals surface area contributed by atoms with Gasteiger partial charge in [0.05, 0.1) is 6.04 Å². The summed E-state index contributed by atoms with van der Waals surface area (Å²) in [4.78, 5) is 6.71. The van der Waals surface area contributed by atoms with Crippen LogP contribution in [-0.4, -0.2) is 9.97 Å². The molecular weight excluding hydrogens is 287 g/mol. The van der Waals surface area contributed by atoms with Crippen molar-refractivity contribution in [2.45, 2.75) is 26.1 Å². The predicted octanol–water partition coefficient (Wildman–Crippen LogP) is 2.86. The summed E-state index contributed by atoms with van der Waals surface area (Å²) in [7, 11) is 0. The van der Waals surface area contributed by atoms with E-state index in [1.54, 1.807) is 26.0 Å². The molecule has 114 valence electrons. The minimum atomic E-state index is -4.66. The average molecular weight is 301 g/mol. The molecule has 0 aliphatic carbocycles. The molecule has 0 aromatic carbocycles. The summed E-state index contributed by atoms with van der Waals surface area (Å²) in [6.07, 6.45) is -4.66. The Balaban J connectivity index is 2.27. The molecule has 0 aliphatic rings. The Morgan fingerprint density at radius 1 is 1.24 bits per heavy atom. The highest BCUT2D eigenvalue weighted by Crippen LogP contribution is 2.29. The lowest BCUT2D eigenvalue weighted by Gasteiger charge is -2.14. The van der Waals surface area contributed by atoms with E-state index in [0.29, 0.717) is 11.5 Å². The van der Waals surface area contributed by atoms with Crippen molar-refractivity contribution < 1.29 is 17.6 Å². The van der Waals surface area contributed by atoms with Crippen molar-refractivity contribution in [3.8, 4) is 0 Å². The van der Waals surface area contributed by atoms with Gasteiger partial charge >= 0.3 is 6.18 Å². The molecule has 0 saturated heterocycles. The van der Waals surface area contributed by atoms with Gasteiger partial charge in [0.2, 0.25) is 5.82 Å². The first-order valence-corrected chi connectivity index (χ1v) is 6.05. The normalized spacial score (nSPS) is 13.0. The SMILES string of the molecule is Cc1ccc(C(C)Nc2cc(NN)nc(C(F)(F)F)n2)o1. The van der Waals surface area contributed by atoms with E-state index in [4.69, 9.17) is 10.3 Å². The van der Waals surface area contributed by atoms with E-state index in [1.807, 2.05) is 0 Å². The maximum Gasteiger partial charge on any atom is 0.451 e. The van der Waals surface area contributed by atoms with Crippen molar-refractivity contribution in [3.05, 3.63) is 35.5 Å². The highest BCUT2D eigenvalue weighted by atomic mass is 19.4. The number of alkyl halides is 3. The zero-order valence-electron chi connectivity index (χ0n) is 11.3. The van der Waals surface area contributed by atoms with Gasteiger partial charge < -0.3 is 15.2 Å². The van der Waals surface area contributed by atoms with Crippen molar-refractivity contribution in [1.29, 1.82) is 0 Å². The summed E-state index contributed by atoms with van der Waals surface area (Å²) in [5, 5.41) is 2.82. The number of anilines is 2. The van der Waals surface area contributed by atoms with Crippen LogP contribution in [0.4, 0.5) is 24.8 Å². The van der Waals surface area contributed by atoms with Crippen LogP contribution in [0.3, 0.4) is 0 Å². The summed E-state index contributed by atoms with van der Waals surface area (Å²) >= 11 is 0. The molecular formula is C12H14F3N5O. The van der Waals surface area contributed by atoms with Gasteiger partial charge in [0.1, 0.15) is 23.2 Å². The number of nitrogen functional groups attached to an aromatic ring is 1. The molecule has 9 heteroatoms. The molecule has 0 radical (unpaired) electrons. The van der Waals surface area contributed by atoms with E-state index in [9.17, 15) is 13.2 Å². The summed E-state index contributed by atoms with van der Waals surface area (Å²) < 4.78 is 43.5. The zero-order valence-corrected chi connectivity index (χ0v) is 11.3. The number of aryl methyl sites for hydroxylation is 1. The summed E-state index contributed by atoms with van der Waals surface area (Å²) in [5.74, 6) is 5.00. The van der Waals surface area contributed by atoms with E-state index >= 15 is 0 Å². The van der Waals surface area contributed by atoms with Gasteiger partial charge in [-0.15, -0.1) is 0 Å². The maximum atomic E-state index is 12.7. The Hall–Kier alpha value is -2.29. The smallest absolute Gasteiger partial charge is 0.451 e. The number of furan rings is 1. The minimum Gasteiger partial charge on any atom is -0.464 e. The quantitative estimate of drug-likeness (QED) is 0.594. The van der Waals surface area contributed by atoms with Gasteiger partial charge in [0.25, 0.3) is 0 Å². The monoisotopic (exact) mass is 301 g/mol. The largest absolute Gasteiger partial charge is 0.464 e. The van der Waals surface area contributed by atoms with Gasteiger partial charge in [-0.3, -0.25) is 0 Å². The molecule has 2 heterocycles. The van der Waals surface area contributed by atoms with Crippen molar-refractivity contribution in [3.63, 3.8) is 0 Å². The summed E-state index contributed by atoms with van der Waals surface area (Å²) in [6, 6.07) is 4.42. The van der Waals surface area contributed by atoms with Gasteiger partial charge in [-0.1, -0.05) is 0 Å². The lowest BCUT2D eigenvalue weighted by Crippen LogP contribution is -2.18. The van der Waals surface area contributed by atoms with Crippen LogP contribution in [0.2, 0.25) is 0 Å². The van der Waals surface area contributed by atoms with Crippen LogP contribution in [0.1, 0.15) is 30.3 Å². The molecule has 2 aromatic heterocycles. The second-order valence-electron chi connectivity index (χ2n) is 4.42.